The highest BCUT2D eigenvalue weighted by molar-refractivity contribution is 5.59. The van der Waals surface area contributed by atoms with Crippen molar-refractivity contribution >= 4 is 5.69 Å². The van der Waals surface area contributed by atoms with Gasteiger partial charge in [-0.2, -0.15) is 18.4 Å². The van der Waals surface area contributed by atoms with Crippen LogP contribution in [-0.4, -0.2) is 19.6 Å². The van der Waals surface area contributed by atoms with Gasteiger partial charge in [-0.1, -0.05) is 0 Å². The van der Waals surface area contributed by atoms with Crippen molar-refractivity contribution in [1.29, 1.82) is 5.26 Å². The number of hydrogen-bond donors (Lipinski definition) is 2. The molecule has 0 radical (unpaired) electrons. The summed E-state index contributed by atoms with van der Waals surface area (Å²) in [6.07, 6.45) is -3.38. The highest BCUT2D eigenvalue weighted by atomic mass is 19.4. The normalized spacial score (nSPS) is 19.2. The maximum Gasteiger partial charge on any atom is 0.416 e. The van der Waals surface area contributed by atoms with Gasteiger partial charge in [0.25, 0.3) is 0 Å². The molecule has 1 fully saturated rings. The van der Waals surface area contributed by atoms with E-state index in [9.17, 15) is 13.2 Å². The van der Waals surface area contributed by atoms with Crippen LogP contribution >= 0.6 is 0 Å². The van der Waals surface area contributed by atoms with Crippen LogP contribution in [0.2, 0.25) is 0 Å². The van der Waals surface area contributed by atoms with E-state index in [1.54, 1.807) is 6.07 Å². The topological polar surface area (TPSA) is 47.9 Å². The van der Waals surface area contributed by atoms with E-state index in [4.69, 9.17) is 5.26 Å². The van der Waals surface area contributed by atoms with Gasteiger partial charge in [-0.15, -0.1) is 0 Å². The molecule has 2 rings (SSSR count). The molecule has 1 aromatic carbocycles. The average molecular weight is 269 g/mol. The van der Waals surface area contributed by atoms with Crippen LogP contribution in [0.3, 0.4) is 0 Å². The minimum atomic E-state index is -4.42. The number of hydrogen-bond acceptors (Lipinski definition) is 3. The van der Waals surface area contributed by atoms with E-state index in [0.29, 0.717) is 18.2 Å². The van der Waals surface area contributed by atoms with Crippen molar-refractivity contribution in [2.45, 2.75) is 12.6 Å². The van der Waals surface area contributed by atoms with E-state index in [2.05, 4.69) is 10.6 Å². The molecule has 0 aromatic heterocycles. The number of anilines is 1. The largest absolute Gasteiger partial charge is 0.416 e. The van der Waals surface area contributed by atoms with E-state index >= 15 is 0 Å². The number of rotatable bonds is 3. The fourth-order valence-electron chi connectivity index (χ4n) is 2.11. The minimum Gasteiger partial charge on any atom is -0.384 e. The lowest BCUT2D eigenvalue weighted by atomic mass is 10.1. The van der Waals surface area contributed by atoms with Gasteiger partial charge in [0.1, 0.15) is 6.07 Å². The molecule has 3 nitrogen and oxygen atoms in total. The molecule has 1 aliphatic rings. The van der Waals surface area contributed by atoms with Gasteiger partial charge in [0.15, 0.2) is 0 Å². The molecule has 102 valence electrons. The molecule has 19 heavy (non-hydrogen) atoms. The standard InChI is InChI=1S/C13H14F3N3/c14-13(15,16)11-1-2-12(10(5-11)6-17)19-8-9-3-4-18-7-9/h1-2,5,9,18-19H,3-4,7-8H2. The van der Waals surface area contributed by atoms with Crippen LogP contribution in [-0.2, 0) is 6.18 Å². The molecule has 1 aromatic rings. The second kappa shape index (κ2) is 5.49. The molecule has 1 unspecified atom stereocenters. The first-order valence-corrected chi connectivity index (χ1v) is 6.06. The lowest BCUT2D eigenvalue weighted by Crippen LogP contribution is -2.17. The van der Waals surface area contributed by atoms with Crippen LogP contribution in [0.4, 0.5) is 18.9 Å². The third-order valence-electron chi connectivity index (χ3n) is 3.21. The summed E-state index contributed by atoms with van der Waals surface area (Å²) in [6, 6.07) is 5.01. The summed E-state index contributed by atoms with van der Waals surface area (Å²) in [4.78, 5) is 0. The van der Waals surface area contributed by atoms with E-state index in [1.165, 1.54) is 6.07 Å². The van der Waals surface area contributed by atoms with Gasteiger partial charge < -0.3 is 10.6 Å². The quantitative estimate of drug-likeness (QED) is 0.886. The molecule has 1 aliphatic heterocycles. The van der Waals surface area contributed by atoms with Gasteiger partial charge in [-0.05, 0) is 43.6 Å². The third-order valence-corrected chi connectivity index (χ3v) is 3.21. The number of benzene rings is 1. The third kappa shape index (κ3) is 3.38. The van der Waals surface area contributed by atoms with Crippen molar-refractivity contribution in [3.05, 3.63) is 29.3 Å². The summed E-state index contributed by atoms with van der Waals surface area (Å²) in [7, 11) is 0. The number of nitrogens with one attached hydrogen (secondary N) is 2. The van der Waals surface area contributed by atoms with Gasteiger partial charge in [0.05, 0.1) is 16.8 Å². The Kier molecular flexibility index (Phi) is 3.96. The first kappa shape index (κ1) is 13.7. The van der Waals surface area contributed by atoms with Crippen molar-refractivity contribution in [2.75, 3.05) is 25.0 Å². The minimum absolute atomic E-state index is 0.0285. The van der Waals surface area contributed by atoms with Gasteiger partial charge >= 0.3 is 6.18 Å². The van der Waals surface area contributed by atoms with Crippen LogP contribution < -0.4 is 10.6 Å². The molecular formula is C13H14F3N3. The van der Waals surface area contributed by atoms with Crippen LogP contribution in [0, 0.1) is 17.2 Å². The molecule has 0 aliphatic carbocycles. The maximum absolute atomic E-state index is 12.5. The zero-order valence-electron chi connectivity index (χ0n) is 10.2. The van der Waals surface area contributed by atoms with E-state index in [0.717, 1.165) is 31.6 Å². The Balaban J connectivity index is 2.10. The number of alkyl halides is 3. The summed E-state index contributed by atoms with van der Waals surface area (Å²) in [6.45, 7) is 2.52. The van der Waals surface area contributed by atoms with E-state index in [1.807, 2.05) is 0 Å². The van der Waals surface area contributed by atoms with Gasteiger partial charge in [-0.3, -0.25) is 0 Å². The lowest BCUT2D eigenvalue weighted by Gasteiger charge is -2.14. The number of halogens is 3. The van der Waals surface area contributed by atoms with E-state index in [-0.39, 0.29) is 5.56 Å². The molecule has 0 spiro atoms. The fourth-order valence-corrected chi connectivity index (χ4v) is 2.11. The highest BCUT2D eigenvalue weighted by Crippen LogP contribution is 2.31. The van der Waals surface area contributed by atoms with Crippen LogP contribution in [0.1, 0.15) is 17.5 Å². The predicted molar refractivity (Wildman–Crippen MR) is 65.6 cm³/mol. The van der Waals surface area contributed by atoms with E-state index < -0.39 is 11.7 Å². The second-order valence-electron chi connectivity index (χ2n) is 4.61. The smallest absolute Gasteiger partial charge is 0.384 e. The SMILES string of the molecule is N#Cc1cc(C(F)(F)F)ccc1NCC1CCNC1. The summed E-state index contributed by atoms with van der Waals surface area (Å²) in [5, 5.41) is 15.2. The Morgan fingerprint density at radius 2 is 2.21 bits per heavy atom. The molecular weight excluding hydrogens is 255 g/mol. The number of nitrogens with zero attached hydrogens (tertiary/aromatic N) is 1. The highest BCUT2D eigenvalue weighted by Gasteiger charge is 2.31. The molecule has 0 amide bonds. The van der Waals surface area contributed by atoms with Gasteiger partial charge in [0.2, 0.25) is 0 Å². The molecule has 2 N–H and O–H groups in total. The Hall–Kier alpha value is -1.74. The second-order valence-corrected chi connectivity index (χ2v) is 4.61. The van der Waals surface area contributed by atoms with Crippen LogP contribution in [0.25, 0.3) is 0 Å². The van der Waals surface area contributed by atoms with Crippen LogP contribution in [0.5, 0.6) is 0 Å². The average Bonchev–Trinajstić information content (AvgIpc) is 2.88. The molecule has 0 bridgehead atoms. The van der Waals surface area contributed by atoms with Crippen molar-refractivity contribution in [3.63, 3.8) is 0 Å². The van der Waals surface area contributed by atoms with Crippen molar-refractivity contribution in [2.24, 2.45) is 5.92 Å². The predicted octanol–water partition coefficient (Wildman–Crippen LogP) is 2.60. The zero-order valence-corrected chi connectivity index (χ0v) is 10.2. The zero-order chi connectivity index (χ0) is 13.9. The van der Waals surface area contributed by atoms with Crippen molar-refractivity contribution < 1.29 is 13.2 Å². The molecule has 1 saturated heterocycles. The fraction of sp³-hybridized carbons (Fsp3) is 0.462. The maximum atomic E-state index is 12.5. The Bertz CT molecular complexity index is 485. The summed E-state index contributed by atoms with van der Waals surface area (Å²) in [5.74, 6) is 0.453. The lowest BCUT2D eigenvalue weighted by molar-refractivity contribution is -0.137. The Morgan fingerprint density at radius 3 is 2.79 bits per heavy atom. The molecule has 0 saturated carbocycles. The number of nitriles is 1. The summed E-state index contributed by atoms with van der Waals surface area (Å²) in [5.41, 5.74) is -0.305. The van der Waals surface area contributed by atoms with Gasteiger partial charge in [0, 0.05) is 6.54 Å². The summed E-state index contributed by atoms with van der Waals surface area (Å²) < 4.78 is 37.6. The first-order valence-electron chi connectivity index (χ1n) is 6.06. The van der Waals surface area contributed by atoms with Crippen molar-refractivity contribution in [3.8, 4) is 6.07 Å². The van der Waals surface area contributed by atoms with Crippen LogP contribution in [0.15, 0.2) is 18.2 Å². The first-order chi connectivity index (χ1) is 9.00. The molecule has 6 heteroatoms. The summed E-state index contributed by atoms with van der Waals surface area (Å²) >= 11 is 0. The van der Waals surface area contributed by atoms with Crippen molar-refractivity contribution in [1.82, 2.24) is 5.32 Å². The molecule has 1 atom stereocenters. The van der Waals surface area contributed by atoms with Gasteiger partial charge in [-0.25, -0.2) is 0 Å². The Labute approximate surface area is 109 Å². The Morgan fingerprint density at radius 1 is 1.42 bits per heavy atom. The molecule has 1 heterocycles. The monoisotopic (exact) mass is 269 g/mol.